The van der Waals surface area contributed by atoms with Gasteiger partial charge in [0.25, 0.3) is 0 Å². The van der Waals surface area contributed by atoms with E-state index in [0.29, 0.717) is 6.54 Å². The van der Waals surface area contributed by atoms with Crippen molar-refractivity contribution in [3.05, 3.63) is 51.5 Å². The van der Waals surface area contributed by atoms with Gasteiger partial charge in [-0.1, -0.05) is 31.2 Å². The number of hydrogen-bond donors (Lipinski definition) is 2. The van der Waals surface area contributed by atoms with Crippen LogP contribution in [0, 0.1) is 0 Å². The van der Waals surface area contributed by atoms with Gasteiger partial charge in [0, 0.05) is 37.1 Å². The van der Waals surface area contributed by atoms with Crippen LogP contribution in [0.25, 0.3) is 0 Å². The van der Waals surface area contributed by atoms with Crippen LogP contribution in [0.5, 0.6) is 0 Å². The van der Waals surface area contributed by atoms with E-state index in [1.807, 2.05) is 6.20 Å². The van der Waals surface area contributed by atoms with E-state index in [0.717, 1.165) is 38.4 Å². The monoisotopic (exact) mass is 501 g/mol. The molecule has 1 aromatic heterocycles. The zero-order chi connectivity index (χ0) is 18.8. The average Bonchev–Trinajstić information content (AvgIpc) is 3.07. The number of hydrogen-bond acceptors (Lipinski definition) is 4. The van der Waals surface area contributed by atoms with Crippen LogP contribution in [-0.2, 0) is 25.9 Å². The van der Waals surface area contributed by atoms with Crippen molar-refractivity contribution in [2.75, 3.05) is 27.2 Å². The Balaban J connectivity index is 0.00000364. The van der Waals surface area contributed by atoms with Crippen LogP contribution in [0.2, 0.25) is 0 Å². The van der Waals surface area contributed by atoms with Crippen LogP contribution < -0.4 is 10.6 Å². The van der Waals surface area contributed by atoms with Crippen LogP contribution >= 0.6 is 35.3 Å². The maximum Gasteiger partial charge on any atom is 0.191 e. The maximum atomic E-state index is 4.72. The fourth-order valence-corrected chi connectivity index (χ4v) is 3.48. The van der Waals surface area contributed by atoms with Crippen molar-refractivity contribution in [1.82, 2.24) is 20.5 Å². The maximum absolute atomic E-state index is 4.72. The number of halogens is 1. The fourth-order valence-electron chi connectivity index (χ4n) is 2.62. The SMILES string of the molecule is CCNC(=NCc1cccc(CN(C)C)c1)NCCc1ncc(CC)s1.I. The van der Waals surface area contributed by atoms with E-state index in [9.17, 15) is 0 Å². The number of rotatable bonds is 9. The van der Waals surface area contributed by atoms with E-state index in [4.69, 9.17) is 4.99 Å². The Morgan fingerprint density at radius 3 is 2.63 bits per heavy atom. The summed E-state index contributed by atoms with van der Waals surface area (Å²) in [6.07, 6.45) is 3.97. The molecule has 0 saturated heterocycles. The third-order valence-electron chi connectivity index (χ3n) is 3.84. The lowest BCUT2D eigenvalue weighted by Crippen LogP contribution is -2.38. The molecule has 0 amide bonds. The molecule has 27 heavy (non-hydrogen) atoms. The summed E-state index contributed by atoms with van der Waals surface area (Å²) in [6.45, 7) is 7.56. The van der Waals surface area contributed by atoms with Gasteiger partial charge in [-0.2, -0.15) is 0 Å². The van der Waals surface area contributed by atoms with Crippen molar-refractivity contribution in [1.29, 1.82) is 0 Å². The molecule has 0 radical (unpaired) electrons. The number of thiazole rings is 1. The minimum Gasteiger partial charge on any atom is -0.357 e. The van der Waals surface area contributed by atoms with E-state index in [2.05, 4.69) is 72.7 Å². The molecule has 0 saturated carbocycles. The Kier molecular flexibility index (Phi) is 11.5. The third kappa shape index (κ3) is 9.03. The summed E-state index contributed by atoms with van der Waals surface area (Å²) in [5.41, 5.74) is 2.55. The molecule has 5 nitrogen and oxygen atoms in total. The average molecular weight is 501 g/mol. The van der Waals surface area contributed by atoms with Crippen LogP contribution in [0.4, 0.5) is 0 Å². The van der Waals surface area contributed by atoms with Crippen LogP contribution in [0.3, 0.4) is 0 Å². The minimum absolute atomic E-state index is 0. The number of aromatic nitrogens is 1. The van der Waals surface area contributed by atoms with Crippen molar-refractivity contribution in [3.63, 3.8) is 0 Å². The predicted molar refractivity (Wildman–Crippen MR) is 127 cm³/mol. The van der Waals surface area contributed by atoms with Gasteiger partial charge in [0.15, 0.2) is 5.96 Å². The minimum atomic E-state index is 0. The molecular weight excluding hydrogens is 469 g/mol. The van der Waals surface area contributed by atoms with Crippen molar-refractivity contribution in [2.45, 2.75) is 39.8 Å². The van der Waals surface area contributed by atoms with Crippen molar-refractivity contribution in [2.24, 2.45) is 4.99 Å². The number of aryl methyl sites for hydroxylation is 1. The molecule has 0 fully saturated rings. The van der Waals surface area contributed by atoms with E-state index in [-0.39, 0.29) is 24.0 Å². The normalized spacial score (nSPS) is 11.4. The Morgan fingerprint density at radius 1 is 1.19 bits per heavy atom. The van der Waals surface area contributed by atoms with Gasteiger partial charge in [-0.3, -0.25) is 0 Å². The standard InChI is InChI=1S/C20H31N5S.HI/c1-5-18-14-23-19(26-18)10-11-22-20(21-6-2)24-13-16-8-7-9-17(12-16)15-25(3)4;/h7-9,12,14H,5-6,10-11,13,15H2,1-4H3,(H2,21,22,24);1H. The number of guanidine groups is 1. The summed E-state index contributed by atoms with van der Waals surface area (Å²) in [4.78, 5) is 12.7. The smallest absolute Gasteiger partial charge is 0.191 e. The molecule has 1 aromatic carbocycles. The van der Waals surface area contributed by atoms with Gasteiger partial charge in [0.2, 0.25) is 0 Å². The van der Waals surface area contributed by atoms with Crippen molar-refractivity contribution >= 4 is 41.3 Å². The van der Waals surface area contributed by atoms with Gasteiger partial charge in [0.1, 0.15) is 0 Å². The number of nitrogens with zero attached hydrogens (tertiary/aromatic N) is 3. The molecule has 2 aromatic rings. The summed E-state index contributed by atoms with van der Waals surface area (Å²) in [5.74, 6) is 0.859. The molecule has 0 unspecified atom stereocenters. The van der Waals surface area contributed by atoms with Crippen molar-refractivity contribution < 1.29 is 0 Å². The lowest BCUT2D eigenvalue weighted by atomic mass is 10.1. The first-order valence-electron chi connectivity index (χ1n) is 9.29. The van der Waals surface area contributed by atoms with E-state index in [1.54, 1.807) is 11.3 Å². The first-order chi connectivity index (χ1) is 12.6. The predicted octanol–water partition coefficient (Wildman–Crippen LogP) is 3.68. The number of nitrogens with one attached hydrogen (secondary N) is 2. The lowest BCUT2D eigenvalue weighted by molar-refractivity contribution is 0.402. The largest absolute Gasteiger partial charge is 0.357 e. The molecule has 0 bridgehead atoms. The van der Waals surface area contributed by atoms with E-state index in [1.165, 1.54) is 21.0 Å². The van der Waals surface area contributed by atoms with Gasteiger partial charge < -0.3 is 15.5 Å². The first kappa shape index (κ1) is 23.8. The Bertz CT molecular complexity index is 699. The molecular formula is C20H32IN5S. The second-order valence-electron chi connectivity index (χ2n) is 6.50. The number of aliphatic imine (C=N–C) groups is 1. The topological polar surface area (TPSA) is 52.6 Å². The molecule has 0 spiro atoms. The van der Waals surface area contributed by atoms with Gasteiger partial charge in [-0.25, -0.2) is 9.98 Å². The quantitative estimate of drug-likeness (QED) is 0.313. The van der Waals surface area contributed by atoms with Crippen molar-refractivity contribution in [3.8, 4) is 0 Å². The molecule has 2 rings (SSSR count). The molecule has 150 valence electrons. The molecule has 0 aliphatic rings. The summed E-state index contributed by atoms with van der Waals surface area (Å²) in [6, 6.07) is 8.63. The van der Waals surface area contributed by atoms with Gasteiger partial charge in [-0.15, -0.1) is 35.3 Å². The Hall–Kier alpha value is -1.19. The summed E-state index contributed by atoms with van der Waals surface area (Å²) >= 11 is 1.80. The highest BCUT2D eigenvalue weighted by Crippen LogP contribution is 2.13. The summed E-state index contributed by atoms with van der Waals surface area (Å²) in [7, 11) is 4.17. The molecule has 0 aliphatic heterocycles. The van der Waals surface area contributed by atoms with E-state index < -0.39 is 0 Å². The van der Waals surface area contributed by atoms with Gasteiger partial charge >= 0.3 is 0 Å². The van der Waals surface area contributed by atoms with Crippen LogP contribution in [0.15, 0.2) is 35.5 Å². The Morgan fingerprint density at radius 2 is 1.96 bits per heavy atom. The van der Waals surface area contributed by atoms with Gasteiger partial charge in [0.05, 0.1) is 11.6 Å². The molecule has 7 heteroatoms. The highest BCUT2D eigenvalue weighted by molar-refractivity contribution is 14.0. The second-order valence-corrected chi connectivity index (χ2v) is 7.70. The van der Waals surface area contributed by atoms with Crippen LogP contribution in [0.1, 0.15) is 34.9 Å². The molecule has 0 aliphatic carbocycles. The highest BCUT2D eigenvalue weighted by atomic mass is 127. The van der Waals surface area contributed by atoms with Crippen LogP contribution in [-0.4, -0.2) is 43.0 Å². The first-order valence-corrected chi connectivity index (χ1v) is 10.1. The Labute approximate surface area is 184 Å². The number of benzene rings is 1. The highest BCUT2D eigenvalue weighted by Gasteiger charge is 2.03. The zero-order valence-electron chi connectivity index (χ0n) is 16.8. The molecule has 1 heterocycles. The third-order valence-corrected chi connectivity index (χ3v) is 5.04. The lowest BCUT2D eigenvalue weighted by Gasteiger charge is -2.12. The van der Waals surface area contributed by atoms with Gasteiger partial charge in [-0.05, 0) is 38.6 Å². The fraction of sp³-hybridized carbons (Fsp3) is 0.500. The molecule has 0 atom stereocenters. The second kappa shape index (κ2) is 13.1. The molecule has 2 N–H and O–H groups in total. The summed E-state index contributed by atoms with van der Waals surface area (Å²) < 4.78 is 0. The summed E-state index contributed by atoms with van der Waals surface area (Å²) in [5, 5.41) is 7.91. The van der Waals surface area contributed by atoms with E-state index >= 15 is 0 Å². The zero-order valence-corrected chi connectivity index (χ0v) is 19.9.